The van der Waals surface area contributed by atoms with Crippen molar-refractivity contribution in [3.05, 3.63) is 83.5 Å². The van der Waals surface area contributed by atoms with Crippen LogP contribution in [0.15, 0.2) is 78.0 Å². The van der Waals surface area contributed by atoms with Crippen molar-refractivity contribution in [1.82, 2.24) is 34.8 Å². The molecule has 0 bridgehead atoms. The molecule has 3 heterocycles. The van der Waals surface area contributed by atoms with Crippen LogP contribution >= 0.6 is 0 Å². The molecule has 0 radical (unpaired) electrons. The van der Waals surface area contributed by atoms with Gasteiger partial charge in [0.1, 0.15) is 0 Å². The summed E-state index contributed by atoms with van der Waals surface area (Å²) in [5.74, 6) is 0.305. The molecule has 5 rings (SSSR count). The fourth-order valence-electron chi connectivity index (χ4n) is 3.55. The Morgan fingerprint density at radius 1 is 1.06 bits per heavy atom. The van der Waals surface area contributed by atoms with E-state index in [1.807, 2.05) is 61.7 Å². The molecular weight excluding hydrogens is 420 g/mol. The molecule has 0 aliphatic heterocycles. The van der Waals surface area contributed by atoms with Crippen LogP contribution in [0.25, 0.3) is 33.5 Å². The smallest absolute Gasteiger partial charge is 0.321 e. The van der Waals surface area contributed by atoms with Crippen LogP contribution in [0.4, 0.5) is 10.7 Å². The minimum absolute atomic E-state index is 0.250. The minimum atomic E-state index is -0.355. The number of amides is 2. The van der Waals surface area contributed by atoms with Crippen LogP contribution in [0.2, 0.25) is 0 Å². The number of hydrogen-bond donors (Lipinski definition) is 3. The van der Waals surface area contributed by atoms with Crippen LogP contribution in [0.3, 0.4) is 0 Å². The van der Waals surface area contributed by atoms with Crippen molar-refractivity contribution in [2.75, 3.05) is 11.9 Å². The molecule has 0 aliphatic rings. The van der Waals surface area contributed by atoms with Crippen molar-refractivity contribution >= 4 is 23.0 Å². The zero-order valence-corrected chi connectivity index (χ0v) is 17.7. The monoisotopic (exact) mass is 440 g/mol. The lowest BCUT2D eigenvalue weighted by Crippen LogP contribution is -2.28. The normalized spacial score (nSPS) is 10.9. The Morgan fingerprint density at radius 2 is 1.91 bits per heavy atom. The fraction of sp³-hybridized carbons (Fsp3) is 0.0870. The molecule has 3 aromatic heterocycles. The van der Waals surface area contributed by atoms with Crippen LogP contribution < -0.4 is 16.2 Å². The summed E-state index contributed by atoms with van der Waals surface area (Å²) in [6.45, 7) is 2.33. The summed E-state index contributed by atoms with van der Waals surface area (Å²) in [5.41, 5.74) is 3.85. The number of aromatic nitrogens is 6. The highest BCUT2D eigenvalue weighted by atomic mass is 16.2. The molecule has 2 aromatic carbocycles. The molecule has 164 valence electrons. The number of anilines is 1. The van der Waals surface area contributed by atoms with E-state index in [1.165, 1.54) is 10.7 Å². The number of para-hydroxylation sites is 1. The largest absolute Gasteiger partial charge is 0.338 e. The van der Waals surface area contributed by atoms with Crippen LogP contribution in [0.5, 0.6) is 0 Å². The second kappa shape index (κ2) is 8.42. The SMILES string of the molecule is CCNC(=O)Nc1nc2cc(-c3cnn(-c4ccccc4)c(=O)c3)cc(-n3cccn3)c2[nH]1. The Morgan fingerprint density at radius 3 is 2.64 bits per heavy atom. The van der Waals surface area contributed by atoms with Gasteiger partial charge in [-0.05, 0) is 42.8 Å². The second-order valence-electron chi connectivity index (χ2n) is 7.24. The summed E-state index contributed by atoms with van der Waals surface area (Å²) in [7, 11) is 0. The number of imidazole rings is 1. The van der Waals surface area contributed by atoms with Gasteiger partial charge in [-0.3, -0.25) is 10.1 Å². The predicted octanol–water partition coefficient (Wildman–Crippen LogP) is 3.10. The number of benzene rings is 2. The van der Waals surface area contributed by atoms with E-state index in [0.717, 1.165) is 11.3 Å². The number of aromatic amines is 1. The Bertz CT molecular complexity index is 1490. The zero-order chi connectivity index (χ0) is 22.8. The number of hydrogen-bond acceptors (Lipinski definition) is 5. The molecule has 0 fully saturated rings. The standard InChI is InChI=1S/C23H20N8O2/c1-2-24-23(33)29-22-27-18-11-15(12-19(21(18)28-22)30-10-6-9-25-30)16-13-20(32)31(26-14-16)17-7-4-3-5-8-17/h3-14H,2H2,1H3,(H3,24,27,28,29,33). The van der Waals surface area contributed by atoms with Crippen molar-refractivity contribution in [2.24, 2.45) is 0 Å². The summed E-state index contributed by atoms with van der Waals surface area (Å²) in [6.07, 6.45) is 5.12. The predicted molar refractivity (Wildman–Crippen MR) is 125 cm³/mol. The highest BCUT2D eigenvalue weighted by Gasteiger charge is 2.15. The molecule has 33 heavy (non-hydrogen) atoms. The van der Waals surface area contributed by atoms with Gasteiger partial charge in [0.25, 0.3) is 5.56 Å². The van der Waals surface area contributed by atoms with E-state index in [0.29, 0.717) is 34.8 Å². The summed E-state index contributed by atoms with van der Waals surface area (Å²) in [6, 6.07) is 16.0. The van der Waals surface area contributed by atoms with E-state index in [2.05, 4.69) is 30.8 Å². The van der Waals surface area contributed by atoms with Gasteiger partial charge in [-0.15, -0.1) is 0 Å². The average molecular weight is 440 g/mol. The summed E-state index contributed by atoms with van der Waals surface area (Å²) in [5, 5.41) is 14.0. The van der Waals surface area contributed by atoms with Crippen LogP contribution in [0, 0.1) is 0 Å². The van der Waals surface area contributed by atoms with E-state index >= 15 is 0 Å². The first-order chi connectivity index (χ1) is 16.1. The van der Waals surface area contributed by atoms with E-state index in [9.17, 15) is 9.59 Å². The summed E-state index contributed by atoms with van der Waals surface area (Å²) < 4.78 is 3.04. The van der Waals surface area contributed by atoms with Crippen molar-refractivity contribution in [3.63, 3.8) is 0 Å². The number of H-pyrrole nitrogens is 1. The molecule has 2 amide bonds. The van der Waals surface area contributed by atoms with Crippen molar-refractivity contribution in [3.8, 4) is 22.5 Å². The fourth-order valence-corrected chi connectivity index (χ4v) is 3.55. The van der Waals surface area contributed by atoms with E-state index in [-0.39, 0.29) is 11.6 Å². The number of fused-ring (bicyclic) bond motifs is 1. The summed E-state index contributed by atoms with van der Waals surface area (Å²) in [4.78, 5) is 32.4. The van der Waals surface area contributed by atoms with Crippen LogP contribution in [-0.2, 0) is 0 Å². The maximum atomic E-state index is 12.8. The van der Waals surface area contributed by atoms with Gasteiger partial charge in [-0.25, -0.2) is 14.5 Å². The molecule has 10 nitrogen and oxygen atoms in total. The van der Waals surface area contributed by atoms with Crippen LogP contribution in [0.1, 0.15) is 6.92 Å². The Balaban J connectivity index is 1.61. The summed E-state index contributed by atoms with van der Waals surface area (Å²) >= 11 is 0. The van der Waals surface area contributed by atoms with Gasteiger partial charge in [0, 0.05) is 30.6 Å². The van der Waals surface area contributed by atoms with Crippen LogP contribution in [-0.4, -0.2) is 42.1 Å². The number of nitrogens with one attached hydrogen (secondary N) is 3. The molecule has 0 atom stereocenters. The highest BCUT2D eigenvalue weighted by Crippen LogP contribution is 2.29. The first-order valence-corrected chi connectivity index (χ1v) is 10.4. The highest BCUT2D eigenvalue weighted by molar-refractivity contribution is 5.94. The van der Waals surface area contributed by atoms with Gasteiger partial charge in [-0.2, -0.15) is 14.9 Å². The first-order valence-electron chi connectivity index (χ1n) is 10.4. The van der Waals surface area contributed by atoms with Crippen molar-refractivity contribution in [2.45, 2.75) is 6.92 Å². The maximum Gasteiger partial charge on any atom is 0.321 e. The zero-order valence-electron chi connectivity index (χ0n) is 17.7. The molecule has 10 heteroatoms. The lowest BCUT2D eigenvalue weighted by atomic mass is 10.1. The lowest BCUT2D eigenvalue weighted by molar-refractivity contribution is 0.252. The average Bonchev–Trinajstić information content (AvgIpc) is 3.49. The third-order valence-electron chi connectivity index (χ3n) is 5.03. The molecule has 0 saturated heterocycles. The second-order valence-corrected chi connectivity index (χ2v) is 7.24. The molecule has 0 saturated carbocycles. The topological polar surface area (TPSA) is 123 Å². The van der Waals surface area contributed by atoms with Gasteiger partial charge in [0.2, 0.25) is 5.95 Å². The first kappa shape index (κ1) is 20.2. The minimum Gasteiger partial charge on any atom is -0.338 e. The number of carbonyl (C=O) groups excluding carboxylic acids is 1. The molecule has 0 aliphatic carbocycles. The lowest BCUT2D eigenvalue weighted by Gasteiger charge is -2.09. The molecule has 3 N–H and O–H groups in total. The van der Waals surface area contributed by atoms with Gasteiger partial charge in [0.15, 0.2) is 0 Å². The molecule has 5 aromatic rings. The van der Waals surface area contributed by atoms with E-state index in [4.69, 9.17) is 0 Å². The Labute approximate surface area is 187 Å². The number of nitrogens with zero attached hydrogens (tertiary/aromatic N) is 5. The van der Waals surface area contributed by atoms with Crippen molar-refractivity contribution in [1.29, 1.82) is 0 Å². The quantitative estimate of drug-likeness (QED) is 0.388. The van der Waals surface area contributed by atoms with E-state index in [1.54, 1.807) is 17.1 Å². The Kier molecular flexibility index (Phi) is 5.15. The third-order valence-corrected chi connectivity index (χ3v) is 5.03. The van der Waals surface area contributed by atoms with Gasteiger partial charge in [0.05, 0.1) is 28.6 Å². The van der Waals surface area contributed by atoms with Gasteiger partial charge in [-0.1, -0.05) is 18.2 Å². The molecular formula is C23H20N8O2. The van der Waals surface area contributed by atoms with Gasteiger partial charge >= 0.3 is 6.03 Å². The third kappa shape index (κ3) is 3.97. The van der Waals surface area contributed by atoms with Gasteiger partial charge < -0.3 is 10.3 Å². The number of carbonyl (C=O) groups is 1. The number of rotatable bonds is 5. The molecule has 0 unspecified atom stereocenters. The van der Waals surface area contributed by atoms with Crippen molar-refractivity contribution < 1.29 is 4.79 Å². The molecule has 0 spiro atoms. The number of urea groups is 1. The maximum absolute atomic E-state index is 12.8. The van der Waals surface area contributed by atoms with E-state index < -0.39 is 0 Å². The Hall–Kier alpha value is -4.73.